The number of carbonyl (C=O) groups is 2. The number of likely N-dealkylation sites (N-methyl/N-ethyl adjacent to an activating group) is 1. The molecule has 0 aliphatic carbocycles. The average Bonchev–Trinajstić information content (AvgIpc) is 2.64. The predicted octanol–water partition coefficient (Wildman–Crippen LogP) is 0.527. The Hall–Kier alpha value is -2.08. The number of amides is 3. The summed E-state index contributed by atoms with van der Waals surface area (Å²) in [5.74, 6) is 0.725. The van der Waals surface area contributed by atoms with Crippen LogP contribution in [0.5, 0.6) is 5.75 Å². The van der Waals surface area contributed by atoms with Gasteiger partial charge in [0.1, 0.15) is 24.4 Å². The van der Waals surface area contributed by atoms with Gasteiger partial charge >= 0.3 is 6.03 Å². The Bertz CT molecular complexity index is 608. The highest BCUT2D eigenvalue weighted by Crippen LogP contribution is 2.16. The molecule has 0 spiro atoms. The molecule has 0 bridgehead atoms. The Labute approximate surface area is 143 Å². The van der Waals surface area contributed by atoms with Crippen LogP contribution in [0.2, 0.25) is 0 Å². The van der Waals surface area contributed by atoms with Gasteiger partial charge in [0.15, 0.2) is 0 Å². The van der Waals surface area contributed by atoms with Crippen LogP contribution in [-0.2, 0) is 4.79 Å². The Kier molecular flexibility index (Phi) is 5.49. The molecule has 6 heteroatoms. The largest absolute Gasteiger partial charge is 0.488 e. The third-order valence-electron chi connectivity index (χ3n) is 4.20. The van der Waals surface area contributed by atoms with E-state index >= 15 is 0 Å². The molecule has 0 aromatic heterocycles. The van der Waals surface area contributed by atoms with Crippen molar-refractivity contribution in [2.24, 2.45) is 0 Å². The molecule has 6 nitrogen and oxygen atoms in total. The molecule has 24 heavy (non-hydrogen) atoms. The third kappa shape index (κ3) is 4.47. The number of imide groups is 1. The van der Waals surface area contributed by atoms with Gasteiger partial charge in [-0.15, -0.1) is 0 Å². The average molecular weight is 334 g/mol. The number of nitrogens with zero attached hydrogens (tertiary/aromatic N) is 1. The number of quaternary nitrogens is 1. The van der Waals surface area contributed by atoms with Gasteiger partial charge in [-0.2, -0.15) is 0 Å². The van der Waals surface area contributed by atoms with Gasteiger partial charge in [0.2, 0.25) is 0 Å². The number of rotatable bonds is 7. The Morgan fingerprint density at radius 1 is 1.12 bits per heavy atom. The monoisotopic (exact) mass is 334 g/mol. The minimum absolute atomic E-state index is 0.160. The van der Waals surface area contributed by atoms with Gasteiger partial charge in [0.05, 0.1) is 20.1 Å². The molecule has 1 heterocycles. The van der Waals surface area contributed by atoms with Crippen LogP contribution in [-0.4, -0.2) is 55.7 Å². The van der Waals surface area contributed by atoms with E-state index in [1.165, 1.54) is 20.9 Å². The molecular formula is C18H28N3O3+. The van der Waals surface area contributed by atoms with Gasteiger partial charge in [-0.05, 0) is 51.0 Å². The molecule has 1 unspecified atom stereocenters. The summed E-state index contributed by atoms with van der Waals surface area (Å²) in [6.45, 7) is 10.1. The molecule has 1 aromatic rings. The van der Waals surface area contributed by atoms with Crippen molar-refractivity contribution >= 4 is 11.9 Å². The molecule has 2 N–H and O–H groups in total. The fourth-order valence-corrected chi connectivity index (χ4v) is 2.81. The van der Waals surface area contributed by atoms with Crippen molar-refractivity contribution in [1.29, 1.82) is 0 Å². The van der Waals surface area contributed by atoms with Gasteiger partial charge in [0.25, 0.3) is 5.91 Å². The van der Waals surface area contributed by atoms with Gasteiger partial charge in [-0.25, -0.2) is 4.79 Å². The van der Waals surface area contributed by atoms with Crippen molar-refractivity contribution in [3.05, 3.63) is 29.3 Å². The molecule has 1 fully saturated rings. The second kappa shape index (κ2) is 7.21. The number of urea groups is 1. The molecule has 1 aromatic carbocycles. The second-order valence-corrected chi connectivity index (χ2v) is 7.14. The summed E-state index contributed by atoms with van der Waals surface area (Å²) in [6.07, 6.45) is 0. The maximum absolute atomic E-state index is 12.1. The van der Waals surface area contributed by atoms with Gasteiger partial charge in [-0.1, -0.05) is 6.07 Å². The van der Waals surface area contributed by atoms with E-state index in [0.29, 0.717) is 19.7 Å². The van der Waals surface area contributed by atoms with Crippen LogP contribution >= 0.6 is 0 Å². The fraction of sp³-hybridized carbons (Fsp3) is 0.556. The zero-order valence-corrected chi connectivity index (χ0v) is 15.2. The van der Waals surface area contributed by atoms with E-state index in [0.717, 1.165) is 12.3 Å². The Morgan fingerprint density at radius 2 is 1.75 bits per heavy atom. The minimum Gasteiger partial charge on any atom is -0.488 e. The summed E-state index contributed by atoms with van der Waals surface area (Å²) in [5.41, 5.74) is 1.58. The number of carbonyl (C=O) groups excluding carboxylic acids is 2. The summed E-state index contributed by atoms with van der Waals surface area (Å²) in [7, 11) is 2.04. The zero-order chi connectivity index (χ0) is 17.9. The minimum atomic E-state index is -0.795. The number of nitrogens with one attached hydrogen (secondary N) is 2. The summed E-state index contributed by atoms with van der Waals surface area (Å²) in [5, 5.41) is 2.70. The standard InChI is InChI=1S/C18H27N3O3/c1-13-10-14(2)12-15(11-13)24-9-8-20(5)6-7-21-16(22)18(3,4)19-17(21)23/h10-12H,6-9H2,1-5H3,(H,19,23)/p+1. The van der Waals surface area contributed by atoms with E-state index in [4.69, 9.17) is 4.74 Å². The molecule has 1 aliphatic rings. The lowest BCUT2D eigenvalue weighted by atomic mass is 10.1. The quantitative estimate of drug-likeness (QED) is 0.715. The predicted molar refractivity (Wildman–Crippen MR) is 92.4 cm³/mol. The Morgan fingerprint density at radius 3 is 2.29 bits per heavy atom. The molecule has 3 amide bonds. The normalized spacial score (nSPS) is 17.8. The van der Waals surface area contributed by atoms with E-state index in [1.807, 2.05) is 19.2 Å². The van der Waals surface area contributed by atoms with Gasteiger partial charge in [0, 0.05) is 0 Å². The highest BCUT2D eigenvalue weighted by Gasteiger charge is 2.44. The van der Waals surface area contributed by atoms with Crippen molar-refractivity contribution in [2.75, 3.05) is 33.3 Å². The maximum atomic E-state index is 12.1. The molecule has 2 rings (SSSR count). The number of aryl methyl sites for hydroxylation is 2. The number of benzene rings is 1. The van der Waals surface area contributed by atoms with Crippen LogP contribution in [0.15, 0.2) is 18.2 Å². The first kappa shape index (κ1) is 18.3. The Balaban J connectivity index is 1.75. The van der Waals surface area contributed by atoms with Crippen molar-refractivity contribution in [1.82, 2.24) is 10.2 Å². The molecular weight excluding hydrogens is 306 g/mol. The third-order valence-corrected chi connectivity index (χ3v) is 4.20. The van der Waals surface area contributed by atoms with Crippen LogP contribution in [0.3, 0.4) is 0 Å². The lowest BCUT2D eigenvalue weighted by Crippen LogP contribution is -3.10. The van der Waals surface area contributed by atoms with Crippen molar-refractivity contribution in [3.8, 4) is 5.75 Å². The van der Waals surface area contributed by atoms with E-state index < -0.39 is 5.54 Å². The molecule has 1 saturated heterocycles. The summed E-state index contributed by atoms with van der Waals surface area (Å²) < 4.78 is 5.80. The first-order valence-electron chi connectivity index (χ1n) is 8.35. The maximum Gasteiger partial charge on any atom is 0.325 e. The topological polar surface area (TPSA) is 63.1 Å². The lowest BCUT2D eigenvalue weighted by molar-refractivity contribution is -0.878. The first-order valence-corrected chi connectivity index (χ1v) is 8.35. The number of ether oxygens (including phenoxy) is 1. The summed E-state index contributed by atoms with van der Waals surface area (Å²) >= 11 is 0. The van der Waals surface area contributed by atoms with Crippen molar-refractivity contribution in [2.45, 2.75) is 33.2 Å². The van der Waals surface area contributed by atoms with Crippen LogP contribution < -0.4 is 15.0 Å². The van der Waals surface area contributed by atoms with Crippen molar-refractivity contribution in [3.63, 3.8) is 0 Å². The number of hydrogen-bond donors (Lipinski definition) is 2. The van der Waals surface area contributed by atoms with Crippen molar-refractivity contribution < 1.29 is 19.2 Å². The SMILES string of the molecule is Cc1cc(C)cc(OCC[NH+](C)CCN2C(=O)NC(C)(C)C2=O)c1. The van der Waals surface area contributed by atoms with Gasteiger partial charge < -0.3 is 15.0 Å². The van der Waals surface area contributed by atoms with Crippen LogP contribution in [0.1, 0.15) is 25.0 Å². The molecule has 1 atom stereocenters. The lowest BCUT2D eigenvalue weighted by Gasteiger charge is -2.19. The van der Waals surface area contributed by atoms with Crippen LogP contribution in [0.25, 0.3) is 0 Å². The zero-order valence-electron chi connectivity index (χ0n) is 15.2. The van der Waals surface area contributed by atoms with E-state index in [2.05, 4.69) is 25.2 Å². The second-order valence-electron chi connectivity index (χ2n) is 7.14. The highest BCUT2D eigenvalue weighted by molar-refractivity contribution is 6.06. The van der Waals surface area contributed by atoms with Crippen LogP contribution in [0, 0.1) is 13.8 Å². The molecule has 132 valence electrons. The summed E-state index contributed by atoms with van der Waals surface area (Å²) in [6, 6.07) is 5.86. The number of hydrogen-bond acceptors (Lipinski definition) is 3. The summed E-state index contributed by atoms with van der Waals surface area (Å²) in [4.78, 5) is 26.5. The first-order chi connectivity index (χ1) is 11.2. The van der Waals surface area contributed by atoms with E-state index in [9.17, 15) is 9.59 Å². The van der Waals surface area contributed by atoms with Crippen LogP contribution in [0.4, 0.5) is 4.79 Å². The molecule has 1 aliphatic heterocycles. The van der Waals surface area contributed by atoms with E-state index in [1.54, 1.807) is 13.8 Å². The molecule has 0 radical (unpaired) electrons. The van der Waals surface area contributed by atoms with Gasteiger partial charge in [-0.3, -0.25) is 9.69 Å². The smallest absolute Gasteiger partial charge is 0.325 e. The van der Waals surface area contributed by atoms with E-state index in [-0.39, 0.29) is 11.9 Å². The fourth-order valence-electron chi connectivity index (χ4n) is 2.81. The highest BCUT2D eigenvalue weighted by atomic mass is 16.5. The molecule has 0 saturated carbocycles.